The molecule has 0 amide bonds. The zero-order chi connectivity index (χ0) is 50.6. The van der Waals surface area contributed by atoms with Gasteiger partial charge in [0, 0.05) is 98.2 Å². The molecule has 4 bridgehead atoms. The molecule has 4 aliphatic rings. The van der Waals surface area contributed by atoms with Crippen molar-refractivity contribution in [2.75, 3.05) is 25.1 Å². The summed E-state index contributed by atoms with van der Waals surface area (Å²) >= 11 is 0. The number of carbonyl (C=O) groups excluding carboxylic acids is 3. The Hall–Kier alpha value is -7.99. The highest BCUT2D eigenvalue weighted by molar-refractivity contribution is 5.95. The number of aromatic hydroxyl groups is 2. The summed E-state index contributed by atoms with van der Waals surface area (Å²) in [5.41, 5.74) is 5.67. The van der Waals surface area contributed by atoms with E-state index in [0.29, 0.717) is 56.0 Å². The average Bonchev–Trinajstić information content (AvgIpc) is 4.04. The number of esters is 1. The smallest absolute Gasteiger partial charge is 0.302 e. The average molecular weight is 979 g/mol. The SMILES string of the molecule is COc1cc(C2CC(=O)CC(OC(C)=O)CCC34C=CC=CC3CC=CC4c3c[nH]cc3CC(c3cccc(O)c3)C3=CCNC(=C3)N(CCC(C)=O)c3cccc4cn2cc34)ccc1Oc1cccc(O)c1. The fourth-order valence-corrected chi connectivity index (χ4v) is 11.6. The molecule has 10 rings (SSSR count). The molecule has 12 nitrogen and oxygen atoms in total. The highest BCUT2D eigenvalue weighted by atomic mass is 16.5. The van der Waals surface area contributed by atoms with E-state index < -0.39 is 18.1 Å². The highest BCUT2D eigenvalue weighted by Crippen LogP contribution is 2.55. The van der Waals surface area contributed by atoms with Gasteiger partial charge in [-0.15, -0.1) is 0 Å². The van der Waals surface area contributed by atoms with E-state index in [1.165, 1.54) is 18.6 Å². The van der Waals surface area contributed by atoms with Crippen LogP contribution in [0.1, 0.15) is 92.5 Å². The van der Waals surface area contributed by atoms with Crippen LogP contribution in [-0.2, 0) is 25.5 Å². The number of phenolic OH excluding ortho intramolecular Hbond substituents is 2. The first kappa shape index (κ1) is 48.6. The molecule has 374 valence electrons. The zero-order valence-electron chi connectivity index (χ0n) is 41.5. The van der Waals surface area contributed by atoms with Gasteiger partial charge in [-0.25, -0.2) is 0 Å². The Morgan fingerprint density at radius 1 is 0.863 bits per heavy atom. The van der Waals surface area contributed by atoms with E-state index in [1.807, 2.05) is 36.4 Å². The number of hydrogen-bond acceptors (Lipinski definition) is 10. The largest absolute Gasteiger partial charge is 0.508 e. The topological polar surface area (TPSA) is 155 Å². The molecule has 4 heterocycles. The van der Waals surface area contributed by atoms with Gasteiger partial charge in [0.2, 0.25) is 0 Å². The molecule has 12 heteroatoms. The number of rotatable bonds is 9. The summed E-state index contributed by atoms with van der Waals surface area (Å²) in [4.78, 5) is 46.3. The van der Waals surface area contributed by atoms with Crippen molar-refractivity contribution in [1.82, 2.24) is 14.9 Å². The van der Waals surface area contributed by atoms with Crippen molar-refractivity contribution in [2.24, 2.45) is 11.3 Å². The number of dihydropyridines is 1. The van der Waals surface area contributed by atoms with Gasteiger partial charge in [-0.2, -0.15) is 0 Å². The minimum absolute atomic E-state index is 0.0213. The van der Waals surface area contributed by atoms with Crippen LogP contribution in [0.2, 0.25) is 0 Å². The van der Waals surface area contributed by atoms with Crippen LogP contribution in [-0.4, -0.2) is 63.6 Å². The number of allylic oxidation sites excluding steroid dienone is 8. The van der Waals surface area contributed by atoms with Crippen molar-refractivity contribution in [3.05, 3.63) is 192 Å². The third-order valence-corrected chi connectivity index (χ3v) is 15.1. The molecule has 0 saturated heterocycles. The van der Waals surface area contributed by atoms with Gasteiger partial charge in [0.1, 0.15) is 40.7 Å². The number of fused-ring (bicyclic) bond motifs is 4. The van der Waals surface area contributed by atoms with Crippen molar-refractivity contribution < 1.29 is 38.8 Å². The number of benzene rings is 4. The second-order valence-corrected chi connectivity index (χ2v) is 19.8. The number of anilines is 1. The summed E-state index contributed by atoms with van der Waals surface area (Å²) in [7, 11) is 1.57. The Bertz CT molecular complexity index is 3210. The number of nitrogens with zero attached hydrogens (tertiary/aromatic N) is 2. The lowest BCUT2D eigenvalue weighted by Crippen LogP contribution is -2.38. The Labute approximate surface area is 426 Å². The Kier molecular flexibility index (Phi) is 14.0. The van der Waals surface area contributed by atoms with E-state index >= 15 is 0 Å². The highest BCUT2D eigenvalue weighted by Gasteiger charge is 2.46. The number of hydrogen-bond donors (Lipinski definition) is 4. The first-order valence-corrected chi connectivity index (χ1v) is 25.3. The zero-order valence-corrected chi connectivity index (χ0v) is 41.5. The third kappa shape index (κ3) is 10.4. The van der Waals surface area contributed by atoms with E-state index in [2.05, 4.69) is 111 Å². The summed E-state index contributed by atoms with van der Waals surface area (Å²) < 4.78 is 20.3. The van der Waals surface area contributed by atoms with Gasteiger partial charge in [0.25, 0.3) is 0 Å². The quantitative estimate of drug-likeness (QED) is 0.0813. The summed E-state index contributed by atoms with van der Waals surface area (Å²) in [6.45, 7) is 3.96. The van der Waals surface area contributed by atoms with Gasteiger partial charge in [-0.3, -0.25) is 14.4 Å². The van der Waals surface area contributed by atoms with Crippen molar-refractivity contribution in [1.29, 1.82) is 0 Å². The van der Waals surface area contributed by atoms with Crippen LogP contribution in [0.4, 0.5) is 5.69 Å². The summed E-state index contributed by atoms with van der Waals surface area (Å²) in [5, 5.41) is 26.6. The molecule has 0 fully saturated rings. The van der Waals surface area contributed by atoms with Gasteiger partial charge >= 0.3 is 5.97 Å². The number of ether oxygens (including phenoxy) is 3. The van der Waals surface area contributed by atoms with E-state index in [0.717, 1.165) is 51.0 Å². The number of H-pyrrole nitrogens is 1. The monoisotopic (exact) mass is 978 g/mol. The molecule has 0 radical (unpaired) electrons. The normalized spacial score (nSPS) is 23.0. The molecule has 6 atom stereocenters. The van der Waals surface area contributed by atoms with Crippen molar-refractivity contribution in [2.45, 2.75) is 82.8 Å². The second kappa shape index (κ2) is 21.0. The van der Waals surface area contributed by atoms with Crippen molar-refractivity contribution in [3.63, 3.8) is 0 Å². The molecular formula is C61H62N4O8. The first-order valence-electron chi connectivity index (χ1n) is 25.3. The number of nitrogens with one attached hydrogen (secondary N) is 2. The van der Waals surface area contributed by atoms with Crippen LogP contribution in [0.15, 0.2) is 170 Å². The first-order chi connectivity index (χ1) is 35.4. The molecule has 2 aliphatic carbocycles. The molecule has 6 aromatic rings. The van der Waals surface area contributed by atoms with Crippen LogP contribution in [0.25, 0.3) is 10.8 Å². The molecule has 2 aromatic heterocycles. The van der Waals surface area contributed by atoms with Gasteiger partial charge in [0.05, 0.1) is 18.8 Å². The standard InChI is InChI=1S/C61H62N4O8/c1-39(66)23-27-65-56-18-7-11-44-37-64(38-54(44)56)57(43-19-20-58(59(30-43)71-3)73-50-16-9-15-48(69)32-50)34-49(70)33-51(72-40(2)67)21-25-61-24-5-4-12-46(61)13-8-17-55(61)53-36-62-35-45(53)29-52(41-10-6-14-47(68)28-41)42-22-26-63-60(65)31-42/h4-12,14-20,22,24,28,30-32,35-38,46,51-52,55,57,62-63,68-69H,13,21,23,25-27,29,33-34H2,1-3H3. The fourth-order valence-electron chi connectivity index (χ4n) is 11.6. The van der Waals surface area contributed by atoms with Gasteiger partial charge in [-0.05, 0) is 115 Å². The van der Waals surface area contributed by atoms with E-state index in [1.54, 1.807) is 38.3 Å². The predicted octanol–water partition coefficient (Wildman–Crippen LogP) is 11.8. The maximum Gasteiger partial charge on any atom is 0.302 e. The van der Waals surface area contributed by atoms with Crippen molar-refractivity contribution in [3.8, 4) is 28.7 Å². The van der Waals surface area contributed by atoms with Crippen LogP contribution in [0, 0.1) is 11.3 Å². The van der Waals surface area contributed by atoms with Gasteiger partial charge < -0.3 is 44.2 Å². The Balaban J connectivity index is 1.13. The van der Waals surface area contributed by atoms with E-state index in [-0.39, 0.29) is 59.1 Å². The summed E-state index contributed by atoms with van der Waals surface area (Å²) in [6.07, 6.45) is 28.6. The second-order valence-electron chi connectivity index (χ2n) is 19.8. The molecular weight excluding hydrogens is 917 g/mol. The van der Waals surface area contributed by atoms with E-state index in [9.17, 15) is 24.6 Å². The van der Waals surface area contributed by atoms with Crippen LogP contribution in [0.5, 0.6) is 28.7 Å². The molecule has 73 heavy (non-hydrogen) atoms. The molecule has 2 aliphatic heterocycles. The lowest BCUT2D eigenvalue weighted by atomic mass is 9.57. The number of phenols is 2. The minimum Gasteiger partial charge on any atom is -0.508 e. The molecule has 1 spiro atoms. The minimum atomic E-state index is -0.675. The van der Waals surface area contributed by atoms with Crippen molar-refractivity contribution >= 4 is 34.0 Å². The maximum absolute atomic E-state index is 14.9. The maximum atomic E-state index is 14.9. The van der Waals surface area contributed by atoms with Crippen LogP contribution in [0.3, 0.4) is 0 Å². The number of carbonyl (C=O) groups is 3. The predicted molar refractivity (Wildman–Crippen MR) is 283 cm³/mol. The molecule has 4 N–H and O–H groups in total. The van der Waals surface area contributed by atoms with Gasteiger partial charge in [0.15, 0.2) is 11.5 Å². The number of methoxy groups -OCH3 is 1. The Morgan fingerprint density at radius 2 is 1.70 bits per heavy atom. The number of aromatic amines is 1. The molecule has 4 aromatic carbocycles. The lowest BCUT2D eigenvalue weighted by Gasteiger charge is -2.47. The summed E-state index contributed by atoms with van der Waals surface area (Å²) in [5.74, 6) is 1.93. The van der Waals surface area contributed by atoms with Crippen LogP contribution >= 0.6 is 0 Å². The summed E-state index contributed by atoms with van der Waals surface area (Å²) in [6, 6.07) is 25.3. The van der Waals surface area contributed by atoms with Crippen LogP contribution < -0.4 is 19.7 Å². The fraction of sp³-hybridized carbons (Fsp3) is 0.295. The lowest BCUT2D eigenvalue weighted by molar-refractivity contribution is -0.148. The van der Waals surface area contributed by atoms with E-state index in [4.69, 9.17) is 14.2 Å². The third-order valence-electron chi connectivity index (χ3n) is 15.1. The molecule has 6 unspecified atom stereocenters. The number of aromatic nitrogens is 2. The number of ketones is 2. The molecule has 0 saturated carbocycles. The number of Topliss-reactive ketones (excluding diaryl/α,β-unsaturated/α-hetero) is 2. The Morgan fingerprint density at radius 3 is 2.51 bits per heavy atom. The van der Waals surface area contributed by atoms with Gasteiger partial charge in [-0.1, -0.05) is 78.9 Å².